The normalized spacial score (nSPS) is 15.9. The lowest BCUT2D eigenvalue weighted by Gasteiger charge is -2.34. The molecule has 7 nitrogen and oxygen atoms in total. The molecule has 1 saturated heterocycles. The number of hydrogen-bond donors (Lipinski definition) is 1. The smallest absolute Gasteiger partial charge is 0.178 e. The summed E-state index contributed by atoms with van der Waals surface area (Å²) in [5.74, 6) is -0.222. The van der Waals surface area contributed by atoms with Gasteiger partial charge in [-0.05, 0) is 38.1 Å². The van der Waals surface area contributed by atoms with Gasteiger partial charge in [0.1, 0.15) is 23.9 Å². The number of nitrogens with one attached hydrogen (secondary N) is 1. The quantitative estimate of drug-likeness (QED) is 0.618. The van der Waals surface area contributed by atoms with Crippen LogP contribution < -0.4 is 19.9 Å². The van der Waals surface area contributed by atoms with Gasteiger partial charge < -0.3 is 19.9 Å². The van der Waals surface area contributed by atoms with E-state index < -0.39 is 11.6 Å². The Morgan fingerprint density at radius 2 is 1.79 bits per heavy atom. The highest BCUT2D eigenvalue weighted by molar-refractivity contribution is 5.72. The van der Waals surface area contributed by atoms with Gasteiger partial charge in [-0.25, -0.2) is 23.7 Å². The Hall–Kier alpha value is -3.33. The molecule has 0 radical (unpaired) electrons. The van der Waals surface area contributed by atoms with Crippen LogP contribution in [0.25, 0.3) is 11.3 Å². The van der Waals surface area contributed by atoms with Crippen LogP contribution in [-0.2, 0) is 6.42 Å². The minimum absolute atomic E-state index is 0.103. The molecule has 1 N–H and O–H groups in total. The van der Waals surface area contributed by atoms with Crippen molar-refractivity contribution in [3.8, 4) is 17.0 Å². The molecule has 2 aliphatic rings. The fourth-order valence-corrected chi connectivity index (χ4v) is 4.45. The second-order valence-corrected chi connectivity index (χ2v) is 8.85. The molecule has 1 fully saturated rings. The third-order valence-electron chi connectivity index (χ3n) is 6.23. The standard InChI is InChI=1S/C25H28F2N6O/c1-16(2)33-9-10-34-25-21(27)11-17(12-22(25)33)24-20(26)4-3-18(31-24)13-23-29-14-19(15-30-23)32-7-5-28-6-8-32/h3-4,11-12,14-16,28H,5-10,13H2,1-2H3. The third-order valence-corrected chi connectivity index (χ3v) is 6.23. The number of benzene rings is 1. The van der Waals surface area contributed by atoms with E-state index in [4.69, 9.17) is 4.74 Å². The lowest BCUT2D eigenvalue weighted by Crippen LogP contribution is -2.43. The van der Waals surface area contributed by atoms with Gasteiger partial charge in [0.15, 0.2) is 11.6 Å². The van der Waals surface area contributed by atoms with Crippen molar-refractivity contribution < 1.29 is 13.5 Å². The minimum atomic E-state index is -0.517. The van der Waals surface area contributed by atoms with Gasteiger partial charge >= 0.3 is 0 Å². The van der Waals surface area contributed by atoms with Gasteiger partial charge in [-0.2, -0.15) is 0 Å². The third kappa shape index (κ3) is 4.52. The van der Waals surface area contributed by atoms with Crippen molar-refractivity contribution in [2.45, 2.75) is 26.3 Å². The van der Waals surface area contributed by atoms with Crippen molar-refractivity contribution in [1.29, 1.82) is 0 Å². The Balaban J connectivity index is 1.41. The lowest BCUT2D eigenvalue weighted by atomic mass is 10.1. The molecule has 0 unspecified atom stereocenters. The molecule has 34 heavy (non-hydrogen) atoms. The van der Waals surface area contributed by atoms with Crippen LogP contribution in [0.5, 0.6) is 5.75 Å². The molecule has 0 amide bonds. The van der Waals surface area contributed by atoms with Crippen molar-refractivity contribution in [2.24, 2.45) is 0 Å². The van der Waals surface area contributed by atoms with Crippen molar-refractivity contribution in [2.75, 3.05) is 49.1 Å². The molecule has 0 atom stereocenters. The monoisotopic (exact) mass is 466 g/mol. The van der Waals surface area contributed by atoms with Crippen molar-refractivity contribution in [3.63, 3.8) is 0 Å². The van der Waals surface area contributed by atoms with Crippen LogP contribution in [-0.4, -0.2) is 60.3 Å². The molecule has 0 spiro atoms. The van der Waals surface area contributed by atoms with Crippen LogP contribution in [0.2, 0.25) is 0 Å². The summed E-state index contributed by atoms with van der Waals surface area (Å²) in [6.45, 7) is 8.84. The maximum Gasteiger partial charge on any atom is 0.178 e. The van der Waals surface area contributed by atoms with Gasteiger partial charge in [-0.15, -0.1) is 0 Å². The van der Waals surface area contributed by atoms with E-state index in [2.05, 4.69) is 30.1 Å². The Morgan fingerprint density at radius 3 is 2.53 bits per heavy atom. The van der Waals surface area contributed by atoms with Gasteiger partial charge in [0.05, 0.1) is 36.7 Å². The van der Waals surface area contributed by atoms with E-state index in [0.29, 0.717) is 42.3 Å². The van der Waals surface area contributed by atoms with E-state index in [9.17, 15) is 8.78 Å². The molecule has 9 heteroatoms. The van der Waals surface area contributed by atoms with E-state index in [-0.39, 0.29) is 17.5 Å². The SMILES string of the molecule is CC(C)N1CCOc2c(F)cc(-c3nc(Cc4ncc(N5CCNCC5)cn4)ccc3F)cc21. The van der Waals surface area contributed by atoms with Gasteiger partial charge in [0.2, 0.25) is 0 Å². The van der Waals surface area contributed by atoms with Gasteiger partial charge in [0.25, 0.3) is 0 Å². The summed E-state index contributed by atoms with van der Waals surface area (Å²) < 4.78 is 35.3. The Kier molecular flexibility index (Phi) is 6.28. The fourth-order valence-electron chi connectivity index (χ4n) is 4.45. The lowest BCUT2D eigenvalue weighted by molar-refractivity contribution is 0.287. The van der Waals surface area contributed by atoms with Crippen LogP contribution >= 0.6 is 0 Å². The number of pyridine rings is 1. The predicted octanol–water partition coefficient (Wildman–Crippen LogP) is 3.42. The van der Waals surface area contributed by atoms with Crippen LogP contribution in [0, 0.1) is 11.6 Å². The van der Waals surface area contributed by atoms with Crippen LogP contribution in [0.15, 0.2) is 36.7 Å². The molecular weight excluding hydrogens is 438 g/mol. The maximum atomic E-state index is 14.9. The number of hydrogen-bond acceptors (Lipinski definition) is 7. The fraction of sp³-hybridized carbons (Fsp3) is 0.400. The summed E-state index contributed by atoms with van der Waals surface area (Å²) in [6.07, 6.45) is 3.98. The van der Waals surface area contributed by atoms with Gasteiger partial charge in [-0.3, -0.25) is 0 Å². The number of ether oxygens (including phenoxy) is 1. The molecule has 5 rings (SSSR count). The largest absolute Gasteiger partial charge is 0.486 e. The molecule has 178 valence electrons. The molecular formula is C25H28F2N6O. The number of fused-ring (bicyclic) bond motifs is 1. The summed E-state index contributed by atoms with van der Waals surface area (Å²) in [4.78, 5) is 17.8. The summed E-state index contributed by atoms with van der Waals surface area (Å²) in [5, 5.41) is 3.33. The second kappa shape index (κ2) is 9.50. The first-order chi connectivity index (χ1) is 16.5. The van der Waals surface area contributed by atoms with Gasteiger partial charge in [0, 0.05) is 43.5 Å². The molecule has 0 aliphatic carbocycles. The second-order valence-electron chi connectivity index (χ2n) is 8.85. The molecule has 1 aromatic carbocycles. The van der Waals surface area contributed by atoms with Crippen LogP contribution in [0.3, 0.4) is 0 Å². The number of piperazine rings is 1. The zero-order valence-corrected chi connectivity index (χ0v) is 19.4. The van der Waals surface area contributed by atoms with Crippen LogP contribution in [0.1, 0.15) is 25.4 Å². The Labute approximate surface area is 197 Å². The van der Waals surface area contributed by atoms with E-state index in [0.717, 1.165) is 31.9 Å². The van der Waals surface area contributed by atoms with Crippen molar-refractivity contribution >= 4 is 11.4 Å². The minimum Gasteiger partial charge on any atom is -0.486 e. The number of nitrogens with zero attached hydrogens (tertiary/aromatic N) is 5. The summed E-state index contributed by atoms with van der Waals surface area (Å²) in [7, 11) is 0. The first-order valence-corrected chi connectivity index (χ1v) is 11.6. The molecule has 0 saturated carbocycles. The summed E-state index contributed by atoms with van der Waals surface area (Å²) in [6, 6.07) is 6.18. The molecule has 2 aromatic heterocycles. The summed E-state index contributed by atoms with van der Waals surface area (Å²) >= 11 is 0. The number of halogens is 2. The summed E-state index contributed by atoms with van der Waals surface area (Å²) in [5.41, 5.74) is 2.70. The highest BCUT2D eigenvalue weighted by Crippen LogP contribution is 2.39. The van der Waals surface area contributed by atoms with Crippen LogP contribution in [0.4, 0.5) is 20.2 Å². The van der Waals surface area contributed by atoms with Gasteiger partial charge in [-0.1, -0.05) is 0 Å². The van der Waals surface area contributed by atoms with E-state index in [1.165, 1.54) is 12.1 Å². The predicted molar refractivity (Wildman–Crippen MR) is 127 cm³/mol. The molecule has 4 heterocycles. The van der Waals surface area contributed by atoms with E-state index >= 15 is 0 Å². The average Bonchev–Trinajstić information content (AvgIpc) is 2.86. The molecule has 2 aliphatic heterocycles. The number of aromatic nitrogens is 3. The van der Waals surface area contributed by atoms with Crippen molar-refractivity contribution in [3.05, 3.63) is 59.8 Å². The number of anilines is 2. The first-order valence-electron chi connectivity index (χ1n) is 11.6. The highest BCUT2D eigenvalue weighted by Gasteiger charge is 2.25. The zero-order chi connectivity index (χ0) is 23.7. The number of rotatable bonds is 5. The topological polar surface area (TPSA) is 66.4 Å². The first kappa shape index (κ1) is 22.5. The average molecular weight is 467 g/mol. The molecule has 3 aromatic rings. The Morgan fingerprint density at radius 1 is 1.03 bits per heavy atom. The van der Waals surface area contributed by atoms with E-state index in [1.54, 1.807) is 12.1 Å². The Bertz CT molecular complexity index is 1160. The highest BCUT2D eigenvalue weighted by atomic mass is 19.1. The van der Waals surface area contributed by atoms with Crippen molar-refractivity contribution in [1.82, 2.24) is 20.3 Å². The molecule has 0 bridgehead atoms. The van der Waals surface area contributed by atoms with E-state index in [1.807, 2.05) is 26.2 Å². The zero-order valence-electron chi connectivity index (χ0n) is 19.4. The maximum absolute atomic E-state index is 14.9.